The number of aliphatic carboxylic acids is 1. The van der Waals surface area contributed by atoms with Crippen LogP contribution in [-0.2, 0) is 14.3 Å². The monoisotopic (exact) mass is 436 g/mol. The fraction of sp³-hybridized carbons (Fsp3) is 0.400. The van der Waals surface area contributed by atoms with E-state index >= 15 is 0 Å². The average Bonchev–Trinajstić information content (AvgIpc) is 3.59. The van der Waals surface area contributed by atoms with Gasteiger partial charge in [-0.3, -0.25) is 9.59 Å². The molecule has 1 saturated carbocycles. The van der Waals surface area contributed by atoms with Crippen LogP contribution in [0.1, 0.15) is 49.7 Å². The van der Waals surface area contributed by atoms with E-state index in [0.717, 1.165) is 35.1 Å². The molecule has 1 unspecified atom stereocenters. The number of carbonyl (C=O) groups excluding carboxylic acids is 2. The number of benzene rings is 2. The molecule has 7 heteroatoms. The molecular weight excluding hydrogens is 408 g/mol. The minimum absolute atomic E-state index is 0.0137. The van der Waals surface area contributed by atoms with Gasteiger partial charge in [0.05, 0.1) is 0 Å². The first-order chi connectivity index (χ1) is 15.4. The van der Waals surface area contributed by atoms with Crippen LogP contribution in [0.4, 0.5) is 4.79 Å². The molecule has 7 nitrogen and oxygen atoms in total. The second-order valence-electron chi connectivity index (χ2n) is 8.68. The molecule has 1 atom stereocenters. The van der Waals surface area contributed by atoms with Crippen molar-refractivity contribution < 1.29 is 24.2 Å². The van der Waals surface area contributed by atoms with E-state index in [1.165, 1.54) is 0 Å². The van der Waals surface area contributed by atoms with Gasteiger partial charge in [-0.2, -0.15) is 0 Å². The number of amides is 2. The lowest BCUT2D eigenvalue weighted by Crippen LogP contribution is -2.58. The molecule has 2 aliphatic carbocycles. The highest BCUT2D eigenvalue weighted by Gasteiger charge is 2.48. The molecule has 0 heterocycles. The van der Waals surface area contributed by atoms with E-state index in [1.807, 2.05) is 24.3 Å². The molecule has 0 aromatic heterocycles. The quantitative estimate of drug-likeness (QED) is 0.520. The van der Waals surface area contributed by atoms with Crippen LogP contribution in [0.3, 0.4) is 0 Å². The fourth-order valence-corrected chi connectivity index (χ4v) is 4.48. The van der Waals surface area contributed by atoms with Gasteiger partial charge in [0.25, 0.3) is 0 Å². The first-order valence-electron chi connectivity index (χ1n) is 11.0. The minimum Gasteiger partial charge on any atom is -0.481 e. The number of fused-ring (bicyclic) bond motifs is 3. The summed E-state index contributed by atoms with van der Waals surface area (Å²) in [7, 11) is 0. The van der Waals surface area contributed by atoms with E-state index in [0.29, 0.717) is 6.42 Å². The molecule has 3 N–H and O–H groups in total. The van der Waals surface area contributed by atoms with E-state index in [9.17, 15) is 14.4 Å². The van der Waals surface area contributed by atoms with Crippen molar-refractivity contribution in [2.75, 3.05) is 13.2 Å². The summed E-state index contributed by atoms with van der Waals surface area (Å²) in [4.78, 5) is 36.1. The van der Waals surface area contributed by atoms with Crippen molar-refractivity contribution in [3.63, 3.8) is 0 Å². The molecule has 0 aliphatic heterocycles. The second-order valence-corrected chi connectivity index (χ2v) is 8.68. The summed E-state index contributed by atoms with van der Waals surface area (Å²) in [5.41, 5.74) is 3.48. The van der Waals surface area contributed by atoms with Crippen molar-refractivity contribution in [3.05, 3.63) is 59.7 Å². The van der Waals surface area contributed by atoms with Gasteiger partial charge in [0.2, 0.25) is 5.91 Å². The fourth-order valence-electron chi connectivity index (χ4n) is 4.48. The van der Waals surface area contributed by atoms with Crippen molar-refractivity contribution in [3.8, 4) is 11.1 Å². The van der Waals surface area contributed by atoms with Crippen LogP contribution >= 0.6 is 0 Å². The van der Waals surface area contributed by atoms with E-state index in [2.05, 4.69) is 34.9 Å². The van der Waals surface area contributed by atoms with Crippen molar-refractivity contribution in [2.45, 2.75) is 44.1 Å². The molecule has 2 aromatic carbocycles. The largest absolute Gasteiger partial charge is 0.481 e. The Morgan fingerprint density at radius 2 is 1.62 bits per heavy atom. The zero-order chi connectivity index (χ0) is 22.7. The van der Waals surface area contributed by atoms with Crippen molar-refractivity contribution in [2.24, 2.45) is 5.92 Å². The minimum atomic E-state index is -1.08. The van der Waals surface area contributed by atoms with Crippen LogP contribution < -0.4 is 10.6 Å². The Kier molecular flexibility index (Phi) is 6.17. The number of carboxylic acid groups (broad SMARTS) is 1. The summed E-state index contributed by atoms with van der Waals surface area (Å²) in [6, 6.07) is 16.2. The topological polar surface area (TPSA) is 105 Å². The molecule has 0 spiro atoms. The van der Waals surface area contributed by atoms with Crippen LogP contribution in [0.5, 0.6) is 0 Å². The van der Waals surface area contributed by atoms with Gasteiger partial charge < -0.3 is 20.5 Å². The van der Waals surface area contributed by atoms with Gasteiger partial charge in [-0.25, -0.2) is 4.79 Å². The Balaban J connectivity index is 1.38. The Hall–Kier alpha value is -3.35. The number of alkyl carbamates (subject to hydrolysis) is 1. The first-order valence-corrected chi connectivity index (χ1v) is 11.0. The van der Waals surface area contributed by atoms with Crippen LogP contribution in [0, 0.1) is 5.92 Å². The lowest BCUT2D eigenvalue weighted by Gasteiger charge is -2.29. The van der Waals surface area contributed by atoms with Crippen LogP contribution in [0.25, 0.3) is 11.1 Å². The smallest absolute Gasteiger partial charge is 0.408 e. The Labute approximate surface area is 187 Å². The third-order valence-electron chi connectivity index (χ3n) is 6.42. The highest BCUT2D eigenvalue weighted by Crippen LogP contribution is 2.44. The summed E-state index contributed by atoms with van der Waals surface area (Å²) in [6.07, 6.45) is 1.40. The number of rotatable bonds is 9. The SMILES string of the molecule is CC(NC(=O)OCC1c2ccccc2-c2ccccc21)(C(=O)NCCCC(=O)O)C1CC1. The second kappa shape index (κ2) is 9.02. The van der Waals surface area contributed by atoms with E-state index in [4.69, 9.17) is 9.84 Å². The highest BCUT2D eigenvalue weighted by molar-refractivity contribution is 5.90. The van der Waals surface area contributed by atoms with E-state index < -0.39 is 17.6 Å². The maximum absolute atomic E-state index is 12.8. The molecule has 2 aliphatic rings. The number of hydrogen-bond donors (Lipinski definition) is 3. The van der Waals surface area contributed by atoms with Gasteiger partial charge in [0.15, 0.2) is 0 Å². The molecule has 168 valence electrons. The Morgan fingerprint density at radius 1 is 1.03 bits per heavy atom. The lowest BCUT2D eigenvalue weighted by atomic mass is 9.94. The lowest BCUT2D eigenvalue weighted by molar-refractivity contribution is -0.137. The van der Waals surface area contributed by atoms with E-state index in [1.54, 1.807) is 6.92 Å². The van der Waals surface area contributed by atoms with Gasteiger partial charge in [0.1, 0.15) is 12.1 Å². The Bertz CT molecular complexity index is 987. The van der Waals surface area contributed by atoms with Crippen LogP contribution in [-0.4, -0.2) is 41.8 Å². The normalized spacial score (nSPS) is 16.4. The van der Waals surface area contributed by atoms with Crippen molar-refractivity contribution in [1.82, 2.24) is 10.6 Å². The molecule has 2 aromatic rings. The summed E-state index contributed by atoms with van der Waals surface area (Å²) in [6.45, 7) is 2.14. The highest BCUT2D eigenvalue weighted by atomic mass is 16.5. The predicted octanol–water partition coefficient (Wildman–Crippen LogP) is 3.67. The molecule has 1 fully saturated rings. The van der Waals surface area contributed by atoms with Gasteiger partial charge in [-0.15, -0.1) is 0 Å². The predicted molar refractivity (Wildman–Crippen MR) is 119 cm³/mol. The third kappa shape index (κ3) is 4.47. The third-order valence-corrected chi connectivity index (χ3v) is 6.42. The molecule has 0 saturated heterocycles. The summed E-state index contributed by atoms with van der Waals surface area (Å²) in [5.74, 6) is -1.22. The summed E-state index contributed by atoms with van der Waals surface area (Å²) >= 11 is 0. The van der Waals surface area contributed by atoms with Gasteiger partial charge in [-0.1, -0.05) is 48.5 Å². The van der Waals surface area contributed by atoms with E-state index in [-0.39, 0.29) is 37.3 Å². The summed E-state index contributed by atoms with van der Waals surface area (Å²) < 4.78 is 5.61. The molecule has 32 heavy (non-hydrogen) atoms. The average molecular weight is 437 g/mol. The number of carboxylic acids is 1. The molecule has 0 radical (unpaired) electrons. The van der Waals surface area contributed by atoms with Crippen LogP contribution in [0.2, 0.25) is 0 Å². The molecule has 0 bridgehead atoms. The number of carbonyl (C=O) groups is 3. The van der Waals surface area contributed by atoms with Gasteiger partial charge in [-0.05, 0) is 54.4 Å². The maximum Gasteiger partial charge on any atom is 0.408 e. The number of ether oxygens (including phenoxy) is 1. The molecule has 4 rings (SSSR count). The number of nitrogens with one attached hydrogen (secondary N) is 2. The standard InChI is InChI=1S/C25H28N2O5/c1-25(16-12-13-16,23(30)26-14-6-11-22(28)29)27-24(31)32-15-21-19-9-4-2-7-17(19)18-8-3-5-10-20(18)21/h2-5,7-10,16,21H,6,11-15H2,1H3,(H,26,30)(H,27,31)(H,28,29). The first kappa shape index (κ1) is 21.9. The van der Waals surface area contributed by atoms with Crippen molar-refractivity contribution >= 4 is 18.0 Å². The van der Waals surface area contributed by atoms with Crippen molar-refractivity contribution in [1.29, 1.82) is 0 Å². The Morgan fingerprint density at radius 3 is 2.19 bits per heavy atom. The number of hydrogen-bond acceptors (Lipinski definition) is 4. The van der Waals surface area contributed by atoms with Gasteiger partial charge >= 0.3 is 12.1 Å². The molecular formula is C25H28N2O5. The zero-order valence-electron chi connectivity index (χ0n) is 18.1. The van der Waals surface area contributed by atoms with Crippen LogP contribution in [0.15, 0.2) is 48.5 Å². The zero-order valence-corrected chi connectivity index (χ0v) is 18.1. The summed E-state index contributed by atoms with van der Waals surface area (Å²) in [5, 5.41) is 14.3. The molecule has 2 amide bonds. The maximum atomic E-state index is 12.8. The van der Waals surface area contributed by atoms with Gasteiger partial charge in [0, 0.05) is 18.9 Å².